The van der Waals surface area contributed by atoms with Crippen LogP contribution in [-0.4, -0.2) is 58.7 Å². The molecule has 3 atom stereocenters. The van der Waals surface area contributed by atoms with Crippen LogP contribution in [0.1, 0.15) is 71.1 Å². The normalized spacial score (nSPS) is 26.5. The molecule has 0 radical (unpaired) electrons. The van der Waals surface area contributed by atoms with Crippen molar-refractivity contribution in [3.8, 4) is 0 Å². The maximum Gasteiger partial charge on any atom is 0.0929 e. The molecular weight excluding hydrogens is 278 g/mol. The van der Waals surface area contributed by atoms with Crippen molar-refractivity contribution in [2.45, 2.75) is 83.3 Å². The lowest BCUT2D eigenvalue weighted by Crippen LogP contribution is -2.53. The molecule has 1 rings (SSSR count). The minimum absolute atomic E-state index is 0.0489. The molecule has 1 aliphatic heterocycles. The predicted molar refractivity (Wildman–Crippen MR) is 90.9 cm³/mol. The molecule has 0 aromatic carbocycles. The average molecular weight is 315 g/mol. The first-order valence-electron chi connectivity index (χ1n) is 9.38. The van der Waals surface area contributed by atoms with Crippen molar-refractivity contribution in [3.63, 3.8) is 0 Å². The summed E-state index contributed by atoms with van der Waals surface area (Å²) in [6.45, 7) is 4.41. The number of hydrogen-bond acceptors (Lipinski definition) is 4. The van der Waals surface area contributed by atoms with Crippen LogP contribution in [0.5, 0.6) is 0 Å². The van der Waals surface area contributed by atoms with Crippen LogP contribution in [0.4, 0.5) is 0 Å². The number of piperidine rings is 1. The van der Waals surface area contributed by atoms with Crippen molar-refractivity contribution in [3.05, 3.63) is 0 Å². The maximum atomic E-state index is 9.81. The molecule has 1 heterocycles. The van der Waals surface area contributed by atoms with Gasteiger partial charge in [-0.15, -0.1) is 0 Å². The highest BCUT2D eigenvalue weighted by molar-refractivity contribution is 4.86. The molecule has 1 fully saturated rings. The van der Waals surface area contributed by atoms with Crippen molar-refractivity contribution < 1.29 is 15.3 Å². The van der Waals surface area contributed by atoms with Crippen molar-refractivity contribution in [2.24, 2.45) is 5.92 Å². The van der Waals surface area contributed by atoms with Gasteiger partial charge in [-0.05, 0) is 13.0 Å². The molecule has 132 valence electrons. The molecule has 0 bridgehead atoms. The van der Waals surface area contributed by atoms with Crippen molar-refractivity contribution in [1.82, 2.24) is 4.90 Å². The van der Waals surface area contributed by atoms with E-state index in [1.165, 1.54) is 57.8 Å². The summed E-state index contributed by atoms with van der Waals surface area (Å²) in [5.41, 5.74) is 0. The number of aliphatic hydroxyl groups excluding tert-OH is 3. The largest absolute Gasteiger partial charge is 0.396 e. The molecule has 4 heteroatoms. The summed E-state index contributed by atoms with van der Waals surface area (Å²) >= 11 is 0. The second-order valence-corrected chi connectivity index (χ2v) is 6.94. The summed E-state index contributed by atoms with van der Waals surface area (Å²) in [4.78, 5) is 2.18. The first-order chi connectivity index (χ1) is 10.7. The Labute approximate surface area is 136 Å². The third-order valence-corrected chi connectivity index (χ3v) is 4.88. The molecule has 3 N–H and O–H groups in total. The summed E-state index contributed by atoms with van der Waals surface area (Å²) in [5.74, 6) is -0.202. The molecule has 0 amide bonds. The molecule has 22 heavy (non-hydrogen) atoms. The fourth-order valence-corrected chi connectivity index (χ4v) is 3.37. The number of likely N-dealkylation sites (tertiary alicyclic amines) is 1. The standard InChI is InChI=1S/C18H37NO3/c1-2-3-4-5-6-7-8-9-10-11-12-19-13-16(15-20)18(22)17(21)14-19/h16-18,20-22H,2-15H2,1H3/t16-,17-,18-/m0/s1. The fourth-order valence-electron chi connectivity index (χ4n) is 3.37. The Kier molecular flexibility index (Phi) is 11.1. The lowest BCUT2D eigenvalue weighted by molar-refractivity contribution is -0.0861. The van der Waals surface area contributed by atoms with E-state index < -0.39 is 12.2 Å². The Morgan fingerprint density at radius 3 is 1.91 bits per heavy atom. The van der Waals surface area contributed by atoms with E-state index in [1.54, 1.807) is 0 Å². The molecule has 1 saturated heterocycles. The van der Waals surface area contributed by atoms with Crippen molar-refractivity contribution in [1.29, 1.82) is 0 Å². The zero-order valence-corrected chi connectivity index (χ0v) is 14.4. The van der Waals surface area contributed by atoms with E-state index in [-0.39, 0.29) is 12.5 Å². The number of nitrogens with zero attached hydrogens (tertiary/aromatic N) is 1. The molecule has 0 aromatic rings. The number of rotatable bonds is 12. The first-order valence-corrected chi connectivity index (χ1v) is 9.38. The number of aliphatic hydroxyl groups is 3. The smallest absolute Gasteiger partial charge is 0.0929 e. The molecular formula is C18H37NO3. The van der Waals surface area contributed by atoms with Crippen LogP contribution in [0.15, 0.2) is 0 Å². The van der Waals surface area contributed by atoms with Gasteiger partial charge in [-0.3, -0.25) is 0 Å². The Morgan fingerprint density at radius 2 is 1.36 bits per heavy atom. The van der Waals surface area contributed by atoms with Gasteiger partial charge in [0, 0.05) is 25.6 Å². The van der Waals surface area contributed by atoms with Gasteiger partial charge >= 0.3 is 0 Å². The number of hydrogen-bond donors (Lipinski definition) is 3. The highest BCUT2D eigenvalue weighted by Gasteiger charge is 2.33. The Morgan fingerprint density at radius 1 is 0.818 bits per heavy atom. The maximum absolute atomic E-state index is 9.81. The van der Waals surface area contributed by atoms with Crippen LogP contribution in [0, 0.1) is 5.92 Å². The van der Waals surface area contributed by atoms with Crippen LogP contribution >= 0.6 is 0 Å². The SMILES string of the molecule is CCCCCCCCCCCCN1C[C@@H](CO)[C@H](O)[C@@H](O)C1. The molecule has 4 nitrogen and oxygen atoms in total. The van der Waals surface area contributed by atoms with E-state index in [0.717, 1.165) is 13.0 Å². The number of β-amino-alcohol motifs (C(OH)–C–C–N with tert-alkyl or cyclic N) is 1. The van der Waals surface area contributed by atoms with E-state index in [4.69, 9.17) is 0 Å². The van der Waals surface area contributed by atoms with E-state index in [9.17, 15) is 15.3 Å². The Bertz CT molecular complexity index is 263. The zero-order chi connectivity index (χ0) is 16.2. The molecule has 0 unspecified atom stereocenters. The average Bonchev–Trinajstić information content (AvgIpc) is 2.52. The lowest BCUT2D eigenvalue weighted by atomic mass is 9.93. The highest BCUT2D eigenvalue weighted by Crippen LogP contribution is 2.18. The van der Waals surface area contributed by atoms with Gasteiger partial charge in [0.15, 0.2) is 0 Å². The third kappa shape index (κ3) is 7.91. The van der Waals surface area contributed by atoms with E-state index in [0.29, 0.717) is 13.1 Å². The quantitative estimate of drug-likeness (QED) is 0.484. The van der Waals surface area contributed by atoms with Crippen molar-refractivity contribution >= 4 is 0 Å². The zero-order valence-electron chi connectivity index (χ0n) is 14.4. The van der Waals surface area contributed by atoms with Gasteiger partial charge in [0.1, 0.15) is 0 Å². The minimum atomic E-state index is -0.769. The summed E-state index contributed by atoms with van der Waals surface area (Å²) in [6, 6.07) is 0. The van der Waals surface area contributed by atoms with Crippen LogP contribution in [0.25, 0.3) is 0 Å². The van der Waals surface area contributed by atoms with Crippen LogP contribution in [0.2, 0.25) is 0 Å². The van der Waals surface area contributed by atoms with Gasteiger partial charge < -0.3 is 20.2 Å². The summed E-state index contributed by atoms with van der Waals surface area (Å²) < 4.78 is 0. The van der Waals surface area contributed by atoms with Crippen LogP contribution in [-0.2, 0) is 0 Å². The monoisotopic (exact) mass is 315 g/mol. The van der Waals surface area contributed by atoms with Gasteiger partial charge in [-0.1, -0.05) is 64.7 Å². The van der Waals surface area contributed by atoms with E-state index >= 15 is 0 Å². The molecule has 0 aliphatic carbocycles. The first kappa shape index (κ1) is 19.9. The third-order valence-electron chi connectivity index (χ3n) is 4.88. The second-order valence-electron chi connectivity index (χ2n) is 6.94. The molecule has 1 aliphatic rings. The fraction of sp³-hybridized carbons (Fsp3) is 1.00. The van der Waals surface area contributed by atoms with Gasteiger partial charge in [0.2, 0.25) is 0 Å². The van der Waals surface area contributed by atoms with Gasteiger partial charge in [0.05, 0.1) is 12.2 Å². The minimum Gasteiger partial charge on any atom is -0.396 e. The molecule has 0 spiro atoms. The van der Waals surface area contributed by atoms with E-state index in [1.807, 2.05) is 0 Å². The van der Waals surface area contributed by atoms with Crippen LogP contribution in [0.3, 0.4) is 0 Å². The Balaban J connectivity index is 1.96. The van der Waals surface area contributed by atoms with Gasteiger partial charge in [-0.25, -0.2) is 0 Å². The molecule has 0 saturated carbocycles. The Hall–Kier alpha value is -0.160. The topological polar surface area (TPSA) is 63.9 Å². The van der Waals surface area contributed by atoms with Gasteiger partial charge in [-0.2, -0.15) is 0 Å². The van der Waals surface area contributed by atoms with Crippen LogP contribution < -0.4 is 0 Å². The lowest BCUT2D eigenvalue weighted by Gasteiger charge is -2.38. The van der Waals surface area contributed by atoms with Crippen molar-refractivity contribution in [2.75, 3.05) is 26.2 Å². The highest BCUT2D eigenvalue weighted by atomic mass is 16.3. The summed E-state index contributed by atoms with van der Waals surface area (Å²) in [6.07, 6.45) is 11.8. The number of unbranched alkanes of at least 4 members (excludes halogenated alkanes) is 9. The van der Waals surface area contributed by atoms with E-state index in [2.05, 4.69) is 11.8 Å². The molecule has 0 aromatic heterocycles. The summed E-state index contributed by atoms with van der Waals surface area (Å²) in [5, 5.41) is 28.8. The predicted octanol–water partition coefficient (Wildman–Crippen LogP) is 2.55. The van der Waals surface area contributed by atoms with Gasteiger partial charge in [0.25, 0.3) is 0 Å². The second kappa shape index (κ2) is 12.3. The summed E-state index contributed by atoms with van der Waals surface area (Å²) in [7, 11) is 0.